The van der Waals surface area contributed by atoms with Crippen molar-refractivity contribution in [3.63, 3.8) is 0 Å². The van der Waals surface area contributed by atoms with Crippen molar-refractivity contribution in [1.82, 2.24) is 20.2 Å². The third kappa shape index (κ3) is 5.57. The van der Waals surface area contributed by atoms with Crippen LogP contribution in [0.15, 0.2) is 29.3 Å². The van der Waals surface area contributed by atoms with E-state index >= 15 is 0 Å². The lowest BCUT2D eigenvalue weighted by molar-refractivity contribution is -0.141. The van der Waals surface area contributed by atoms with Gasteiger partial charge < -0.3 is 14.9 Å². The molecule has 1 aromatic carbocycles. The largest absolute Gasteiger partial charge is 0.478 e. The Morgan fingerprint density at radius 3 is 2.47 bits per heavy atom. The van der Waals surface area contributed by atoms with E-state index in [1.807, 2.05) is 18.7 Å². The molecule has 0 spiro atoms. The topological polar surface area (TPSA) is 129 Å². The second-order valence-corrected chi connectivity index (χ2v) is 12.4. The average Bonchev–Trinajstić information content (AvgIpc) is 3.27. The van der Waals surface area contributed by atoms with Gasteiger partial charge in [-0.1, -0.05) is 25.2 Å². The van der Waals surface area contributed by atoms with Crippen LogP contribution >= 0.6 is 11.3 Å². The quantitative estimate of drug-likeness (QED) is 0.467. The van der Waals surface area contributed by atoms with Gasteiger partial charge in [0.25, 0.3) is 0 Å². The SMILES string of the molecule is Cc1nnc(-c2ccc(N3CCN(c4ncc(C(=O)O)c(C(F)(F)F)n4)[C@H](C(C)C)C3)cc2S(C)(=O)=O)s1. The number of carbonyl (C=O) groups is 1. The van der Waals surface area contributed by atoms with E-state index in [2.05, 4.69) is 20.2 Å². The first-order valence-electron chi connectivity index (χ1n) is 11.5. The first-order chi connectivity index (χ1) is 17.7. The summed E-state index contributed by atoms with van der Waals surface area (Å²) < 4.78 is 65.9. The number of aryl methyl sites for hydroxylation is 1. The first-order valence-corrected chi connectivity index (χ1v) is 14.2. The molecule has 1 fully saturated rings. The van der Waals surface area contributed by atoms with Crippen molar-refractivity contribution in [2.45, 2.75) is 37.9 Å². The Balaban J connectivity index is 1.68. The number of halogens is 3. The number of aromatic nitrogens is 4. The predicted octanol–water partition coefficient (Wildman–Crippen LogP) is 3.78. The number of hydrogen-bond donors (Lipinski definition) is 1. The van der Waals surface area contributed by atoms with Gasteiger partial charge in [-0.05, 0) is 31.0 Å². The highest BCUT2D eigenvalue weighted by Gasteiger charge is 2.40. The zero-order valence-electron chi connectivity index (χ0n) is 20.9. The molecule has 0 radical (unpaired) electrons. The molecule has 1 aliphatic heterocycles. The average molecular weight is 571 g/mol. The lowest BCUT2D eigenvalue weighted by Crippen LogP contribution is -2.56. The maximum Gasteiger partial charge on any atom is 0.434 e. The molecule has 0 bridgehead atoms. The van der Waals surface area contributed by atoms with Crippen LogP contribution in [0, 0.1) is 12.8 Å². The van der Waals surface area contributed by atoms with Crippen LogP contribution in [-0.2, 0) is 16.0 Å². The molecule has 1 aliphatic rings. The number of carboxylic acids is 1. The molecule has 0 aliphatic carbocycles. The number of piperazine rings is 1. The van der Waals surface area contributed by atoms with Crippen molar-refractivity contribution < 1.29 is 31.5 Å². The van der Waals surface area contributed by atoms with Crippen molar-refractivity contribution in [3.8, 4) is 10.6 Å². The van der Waals surface area contributed by atoms with E-state index in [0.29, 0.717) is 40.6 Å². The zero-order valence-corrected chi connectivity index (χ0v) is 22.5. The Bertz CT molecular complexity index is 1480. The van der Waals surface area contributed by atoms with Crippen LogP contribution < -0.4 is 9.80 Å². The Kier molecular flexibility index (Phi) is 7.36. The Hall–Kier alpha value is -3.33. The number of hydrogen-bond acceptors (Lipinski definition) is 10. The van der Waals surface area contributed by atoms with Crippen molar-refractivity contribution in [3.05, 3.63) is 40.7 Å². The van der Waals surface area contributed by atoms with E-state index in [1.165, 1.54) is 11.3 Å². The summed E-state index contributed by atoms with van der Waals surface area (Å²) in [5.41, 5.74) is -1.42. The standard InChI is InChI=1S/C23H25F3N6O4S2/c1-12(2)17-11-31(7-8-32(17)22-27-10-16(21(33)34)19(28-22)23(24,25)26)14-5-6-15(18(9-14)38(4,35)36)20-30-29-13(3)37-20/h5-6,9-10,12,17H,7-8,11H2,1-4H3,(H,33,34)/t17-/m0/s1. The molecule has 1 N–H and O–H groups in total. The van der Waals surface area contributed by atoms with Crippen LogP contribution in [0.1, 0.15) is 34.9 Å². The van der Waals surface area contributed by atoms with Crippen LogP contribution in [0.4, 0.5) is 24.8 Å². The van der Waals surface area contributed by atoms with Gasteiger partial charge in [0.05, 0.1) is 10.9 Å². The normalized spacial score (nSPS) is 16.8. The third-order valence-electron chi connectivity index (χ3n) is 6.21. The summed E-state index contributed by atoms with van der Waals surface area (Å²) in [6, 6.07) is 4.71. The number of benzene rings is 1. The highest BCUT2D eigenvalue weighted by Crippen LogP contribution is 2.35. The summed E-state index contributed by atoms with van der Waals surface area (Å²) in [6.45, 7) is 6.51. The lowest BCUT2D eigenvalue weighted by atomic mass is 9.99. The van der Waals surface area contributed by atoms with Gasteiger partial charge in [-0.3, -0.25) is 0 Å². The first kappa shape index (κ1) is 27.7. The number of sulfone groups is 1. The summed E-state index contributed by atoms with van der Waals surface area (Å²) in [6.07, 6.45) is -3.16. The molecule has 3 aromatic rings. The molecule has 1 atom stereocenters. The number of alkyl halides is 3. The number of anilines is 2. The van der Waals surface area contributed by atoms with E-state index in [4.69, 9.17) is 5.11 Å². The van der Waals surface area contributed by atoms with Gasteiger partial charge in [0.2, 0.25) is 5.95 Å². The smallest absolute Gasteiger partial charge is 0.434 e. The van der Waals surface area contributed by atoms with E-state index < -0.39 is 33.2 Å². The Morgan fingerprint density at radius 2 is 1.92 bits per heavy atom. The summed E-state index contributed by atoms with van der Waals surface area (Å²) in [4.78, 5) is 22.6. The van der Waals surface area contributed by atoms with E-state index in [-0.39, 0.29) is 29.3 Å². The van der Waals surface area contributed by atoms with Gasteiger partial charge in [-0.15, -0.1) is 10.2 Å². The number of nitrogens with zero attached hydrogens (tertiary/aromatic N) is 6. The highest BCUT2D eigenvalue weighted by molar-refractivity contribution is 7.90. The minimum atomic E-state index is -4.96. The Labute approximate surface area is 221 Å². The minimum Gasteiger partial charge on any atom is -0.478 e. The van der Waals surface area contributed by atoms with Gasteiger partial charge >= 0.3 is 12.1 Å². The summed E-state index contributed by atoms with van der Waals surface area (Å²) in [7, 11) is -3.62. The molecule has 0 unspecified atom stereocenters. The van der Waals surface area contributed by atoms with Gasteiger partial charge in [-0.2, -0.15) is 13.2 Å². The lowest BCUT2D eigenvalue weighted by Gasteiger charge is -2.44. The van der Waals surface area contributed by atoms with Crippen molar-refractivity contribution in [2.75, 3.05) is 35.7 Å². The summed E-state index contributed by atoms with van der Waals surface area (Å²) in [5, 5.41) is 18.4. The van der Waals surface area contributed by atoms with E-state index in [1.54, 1.807) is 30.0 Å². The molecule has 4 rings (SSSR count). The zero-order chi connectivity index (χ0) is 28.0. The van der Waals surface area contributed by atoms with E-state index in [9.17, 15) is 26.4 Å². The summed E-state index contributed by atoms with van der Waals surface area (Å²) >= 11 is 1.28. The van der Waals surface area contributed by atoms with Crippen molar-refractivity contribution in [1.29, 1.82) is 0 Å². The molecule has 15 heteroatoms. The maximum atomic E-state index is 13.5. The monoisotopic (exact) mass is 570 g/mol. The maximum absolute atomic E-state index is 13.5. The van der Waals surface area contributed by atoms with Crippen LogP contribution in [0.3, 0.4) is 0 Å². The van der Waals surface area contributed by atoms with Crippen LogP contribution in [0.2, 0.25) is 0 Å². The molecule has 2 aromatic heterocycles. The van der Waals surface area contributed by atoms with Crippen LogP contribution in [-0.4, -0.2) is 71.6 Å². The Morgan fingerprint density at radius 1 is 1.21 bits per heavy atom. The number of aromatic carboxylic acids is 1. The van der Waals surface area contributed by atoms with Crippen molar-refractivity contribution in [2.24, 2.45) is 5.92 Å². The number of carboxylic acid groups (broad SMARTS) is 1. The van der Waals surface area contributed by atoms with Crippen LogP contribution in [0.25, 0.3) is 10.6 Å². The fourth-order valence-electron chi connectivity index (χ4n) is 4.34. The molecule has 0 saturated carbocycles. The fourth-order valence-corrected chi connectivity index (χ4v) is 6.04. The molecule has 38 heavy (non-hydrogen) atoms. The van der Waals surface area contributed by atoms with Gasteiger partial charge in [-0.25, -0.2) is 23.2 Å². The summed E-state index contributed by atoms with van der Waals surface area (Å²) in [5.74, 6) is -2.02. The molecule has 0 amide bonds. The van der Waals surface area contributed by atoms with Gasteiger partial charge in [0, 0.05) is 43.3 Å². The molecule has 204 valence electrons. The third-order valence-corrected chi connectivity index (χ3v) is 8.21. The molecule has 1 saturated heterocycles. The second kappa shape index (κ2) is 10.1. The highest BCUT2D eigenvalue weighted by atomic mass is 32.2. The predicted molar refractivity (Wildman–Crippen MR) is 135 cm³/mol. The molecular weight excluding hydrogens is 545 g/mol. The molecule has 10 nitrogen and oxygen atoms in total. The minimum absolute atomic E-state index is 0.0482. The molecule has 3 heterocycles. The van der Waals surface area contributed by atoms with Gasteiger partial charge in [0.15, 0.2) is 15.5 Å². The second-order valence-electron chi connectivity index (χ2n) is 9.26. The fraction of sp³-hybridized carbons (Fsp3) is 0.435. The number of rotatable bonds is 6. The van der Waals surface area contributed by atoms with Crippen LogP contribution in [0.5, 0.6) is 0 Å². The molecular formula is C23H25F3N6O4S2. The van der Waals surface area contributed by atoms with E-state index in [0.717, 1.165) is 6.26 Å². The van der Waals surface area contributed by atoms with Crippen molar-refractivity contribution >= 4 is 38.8 Å². The van der Waals surface area contributed by atoms with Gasteiger partial charge in [0.1, 0.15) is 15.6 Å².